The van der Waals surface area contributed by atoms with Gasteiger partial charge >= 0.3 is 0 Å². The number of nitrogens with one attached hydrogen (secondary N) is 2. The lowest BCUT2D eigenvalue weighted by atomic mass is 9.97. The van der Waals surface area contributed by atoms with Crippen LogP contribution >= 0.6 is 0 Å². The van der Waals surface area contributed by atoms with Crippen LogP contribution in [0.1, 0.15) is 53.8 Å². The Kier molecular flexibility index (Phi) is 10.5. The van der Waals surface area contributed by atoms with Gasteiger partial charge in [-0.3, -0.25) is 14.4 Å². The summed E-state index contributed by atoms with van der Waals surface area (Å²) in [6.07, 6.45) is 6.22. The smallest absolute Gasteiger partial charge is 0.256 e. The van der Waals surface area contributed by atoms with Gasteiger partial charge < -0.3 is 19.8 Å². The summed E-state index contributed by atoms with van der Waals surface area (Å²) < 4.78 is 27.1. The number of carbonyl (C=O) groups excluding carboxylic acids is 1. The number of hydrogen-bond donors (Lipinski definition) is 2. The van der Waals surface area contributed by atoms with Gasteiger partial charge in [0.1, 0.15) is 0 Å². The first-order chi connectivity index (χ1) is 24.8. The van der Waals surface area contributed by atoms with Crippen LogP contribution in [-0.4, -0.2) is 76.9 Å². The molecule has 1 fully saturated rings. The summed E-state index contributed by atoms with van der Waals surface area (Å²) in [6, 6.07) is 25.3. The van der Waals surface area contributed by atoms with Crippen LogP contribution in [0.25, 0.3) is 21.5 Å². The highest BCUT2D eigenvalue weighted by Gasteiger charge is 2.29. The molecule has 51 heavy (non-hydrogen) atoms. The lowest BCUT2D eigenvalue weighted by Crippen LogP contribution is -2.42. The third-order valence-corrected chi connectivity index (χ3v) is 12.3. The lowest BCUT2D eigenvalue weighted by Gasteiger charge is -2.30. The molecule has 0 saturated carbocycles. The largest absolute Gasteiger partial charge is 0.337 e. The quantitative estimate of drug-likeness (QED) is 0.252. The molecule has 2 N–H and O–H groups in total. The fourth-order valence-electron chi connectivity index (χ4n) is 7.68. The number of likely N-dealkylation sites (tertiary alicyclic amines) is 1. The first-order valence-electron chi connectivity index (χ1n) is 18.0. The van der Waals surface area contributed by atoms with Crippen LogP contribution in [-0.2, 0) is 47.2 Å². The molecule has 0 atom stereocenters. The Morgan fingerprint density at radius 2 is 1.20 bits per heavy atom. The minimum absolute atomic E-state index is 0.0760. The molecule has 3 aliphatic heterocycles. The number of aryl methyl sites for hydroxylation is 1. The monoisotopic (exact) mass is 707 g/mol. The predicted octanol–water partition coefficient (Wildman–Crippen LogP) is 4.75. The average Bonchev–Trinajstić information content (AvgIpc) is 3.17. The van der Waals surface area contributed by atoms with E-state index in [0.29, 0.717) is 44.4 Å². The minimum Gasteiger partial charge on any atom is -0.337 e. The highest BCUT2D eigenvalue weighted by atomic mass is 32.2. The topological polar surface area (TPSA) is 127 Å². The zero-order valence-electron chi connectivity index (χ0n) is 28.9. The van der Waals surface area contributed by atoms with Crippen molar-refractivity contribution >= 4 is 37.5 Å². The van der Waals surface area contributed by atoms with Crippen molar-refractivity contribution in [1.82, 2.24) is 24.1 Å². The zero-order valence-corrected chi connectivity index (χ0v) is 29.7. The number of pyridine rings is 2. The van der Waals surface area contributed by atoms with Crippen molar-refractivity contribution in [3.05, 3.63) is 128 Å². The van der Waals surface area contributed by atoms with Crippen LogP contribution in [0.3, 0.4) is 0 Å². The number of aromatic nitrogens is 2. The van der Waals surface area contributed by atoms with Gasteiger partial charge in [-0.15, -0.1) is 0 Å². The Bertz CT molecular complexity index is 2260. The van der Waals surface area contributed by atoms with Gasteiger partial charge in [-0.25, -0.2) is 8.42 Å². The number of H-pyrrole nitrogens is 2. The van der Waals surface area contributed by atoms with E-state index in [-0.39, 0.29) is 29.3 Å². The van der Waals surface area contributed by atoms with Crippen molar-refractivity contribution in [2.75, 3.05) is 38.5 Å². The SMILES string of the molecule is O=C(CCc1ccccc1)N1CCc2c([nH]c(=O)c3ccccc23)C1.O=c1[nH]c2c(c3ccccc13)CCN(S(=O)(=O)CCN1CCCCC1)C2. The Labute approximate surface area is 298 Å². The van der Waals surface area contributed by atoms with Gasteiger partial charge in [0, 0.05) is 48.2 Å². The number of rotatable bonds is 7. The van der Waals surface area contributed by atoms with E-state index in [9.17, 15) is 22.8 Å². The first-order valence-corrected chi connectivity index (χ1v) is 19.7. The van der Waals surface area contributed by atoms with E-state index >= 15 is 0 Å². The molecule has 0 bridgehead atoms. The number of aromatic amines is 2. The van der Waals surface area contributed by atoms with E-state index < -0.39 is 10.0 Å². The first kappa shape index (κ1) is 34.9. The van der Waals surface area contributed by atoms with Gasteiger partial charge in [0.15, 0.2) is 0 Å². The molecule has 0 unspecified atom stereocenters. The van der Waals surface area contributed by atoms with E-state index in [4.69, 9.17) is 0 Å². The second-order valence-corrected chi connectivity index (χ2v) is 15.9. The van der Waals surface area contributed by atoms with Gasteiger partial charge in [0.25, 0.3) is 11.1 Å². The maximum atomic E-state index is 12.8. The highest BCUT2D eigenvalue weighted by Crippen LogP contribution is 2.26. The zero-order chi connectivity index (χ0) is 35.4. The second kappa shape index (κ2) is 15.3. The van der Waals surface area contributed by atoms with E-state index in [1.54, 1.807) is 0 Å². The summed E-state index contributed by atoms with van der Waals surface area (Å²) in [5.41, 5.74) is 4.81. The maximum Gasteiger partial charge on any atom is 0.256 e. The van der Waals surface area contributed by atoms with E-state index in [0.717, 1.165) is 71.9 Å². The number of benzene rings is 3. The van der Waals surface area contributed by atoms with Gasteiger partial charge in [0.05, 0.1) is 18.8 Å². The molecule has 2 aromatic heterocycles. The molecule has 1 saturated heterocycles. The van der Waals surface area contributed by atoms with E-state index in [1.165, 1.54) is 21.9 Å². The van der Waals surface area contributed by atoms with Gasteiger partial charge in [-0.1, -0.05) is 73.2 Å². The number of hydrogen-bond acceptors (Lipinski definition) is 6. The number of amides is 1. The summed E-state index contributed by atoms with van der Waals surface area (Å²) in [6.45, 7) is 4.53. The van der Waals surface area contributed by atoms with Crippen molar-refractivity contribution in [2.45, 2.75) is 58.0 Å². The van der Waals surface area contributed by atoms with Crippen molar-refractivity contribution in [1.29, 1.82) is 0 Å². The fraction of sp³-hybridized carbons (Fsp3) is 0.375. The molecular weight excluding hydrogens is 663 g/mol. The fourth-order valence-corrected chi connectivity index (χ4v) is 9.13. The van der Waals surface area contributed by atoms with Crippen LogP contribution in [0.5, 0.6) is 0 Å². The minimum atomic E-state index is -3.32. The molecule has 3 aliphatic rings. The normalized spacial score (nSPS) is 16.7. The Balaban J connectivity index is 0.000000159. The summed E-state index contributed by atoms with van der Waals surface area (Å²) in [5, 5.41) is 3.35. The van der Waals surface area contributed by atoms with Crippen LogP contribution in [0, 0.1) is 0 Å². The molecule has 5 aromatic rings. The number of nitrogens with zero attached hydrogens (tertiary/aromatic N) is 3. The van der Waals surface area contributed by atoms with Gasteiger partial charge in [0.2, 0.25) is 15.9 Å². The van der Waals surface area contributed by atoms with Crippen molar-refractivity contribution in [2.24, 2.45) is 0 Å². The number of carbonyl (C=O) groups is 1. The number of piperidine rings is 1. The van der Waals surface area contributed by atoms with Crippen LogP contribution in [0.4, 0.5) is 0 Å². The van der Waals surface area contributed by atoms with E-state index in [2.05, 4.69) is 14.9 Å². The molecule has 0 spiro atoms. The Morgan fingerprint density at radius 3 is 1.82 bits per heavy atom. The third-order valence-electron chi connectivity index (χ3n) is 10.5. The van der Waals surface area contributed by atoms with Gasteiger partial charge in [-0.05, 0) is 84.8 Å². The third kappa shape index (κ3) is 7.85. The molecule has 10 nitrogen and oxygen atoms in total. The Hall–Kier alpha value is -4.58. The maximum absolute atomic E-state index is 12.8. The summed E-state index contributed by atoms with van der Waals surface area (Å²) in [7, 11) is -3.32. The van der Waals surface area contributed by atoms with Crippen molar-refractivity contribution < 1.29 is 13.2 Å². The van der Waals surface area contributed by atoms with Gasteiger partial charge in [-0.2, -0.15) is 4.31 Å². The standard InChI is InChI=1S/C21H20N2O2.C19H25N3O3S/c24-20(11-10-15-6-2-1-3-7-15)23-13-12-17-16-8-4-5-9-18(16)21(25)22-19(17)14-23;23-19-17-7-3-2-6-15(17)16-8-11-22(14-18(16)20-19)26(24,25)13-12-21-9-4-1-5-10-21/h1-9H,10-14H2,(H,22,25);2-3,6-7H,1,4-5,8-14H2,(H,20,23). The summed E-state index contributed by atoms with van der Waals surface area (Å²) >= 11 is 0. The molecule has 1 amide bonds. The second-order valence-electron chi connectivity index (χ2n) is 13.8. The van der Waals surface area contributed by atoms with Crippen molar-refractivity contribution in [3.8, 4) is 0 Å². The number of sulfonamides is 1. The van der Waals surface area contributed by atoms with Crippen LogP contribution in [0.2, 0.25) is 0 Å². The summed E-state index contributed by atoms with van der Waals surface area (Å²) in [4.78, 5) is 47.1. The molecule has 8 rings (SSSR count). The van der Waals surface area contributed by atoms with Crippen LogP contribution in [0.15, 0.2) is 88.5 Å². The number of fused-ring (bicyclic) bond motifs is 6. The molecule has 3 aromatic carbocycles. The summed E-state index contributed by atoms with van der Waals surface area (Å²) in [5.74, 6) is 0.295. The predicted molar refractivity (Wildman–Crippen MR) is 201 cm³/mol. The Morgan fingerprint density at radius 1 is 0.647 bits per heavy atom. The van der Waals surface area contributed by atoms with Crippen molar-refractivity contribution in [3.63, 3.8) is 0 Å². The molecule has 5 heterocycles. The molecule has 0 aliphatic carbocycles. The average molecular weight is 708 g/mol. The molecule has 11 heteroatoms. The highest BCUT2D eigenvalue weighted by molar-refractivity contribution is 7.89. The molecule has 266 valence electrons. The molecule has 0 radical (unpaired) electrons. The van der Waals surface area contributed by atoms with Crippen LogP contribution < -0.4 is 11.1 Å². The lowest BCUT2D eigenvalue weighted by molar-refractivity contribution is -0.132. The van der Waals surface area contributed by atoms with E-state index in [1.807, 2.05) is 83.8 Å². The molecular formula is C40H45N5O5S.